The molecule has 1 heterocycles. The van der Waals surface area contributed by atoms with Crippen molar-refractivity contribution in [2.45, 2.75) is 5.16 Å². The van der Waals surface area contributed by atoms with Crippen molar-refractivity contribution in [2.75, 3.05) is 12.4 Å². The summed E-state index contributed by atoms with van der Waals surface area (Å²) in [6.07, 6.45) is 0. The minimum atomic E-state index is -0.355. The summed E-state index contributed by atoms with van der Waals surface area (Å²) in [7, 11) is 0. The first-order valence-electron chi connectivity index (χ1n) is 6.91. The SMILES string of the molecule is Fc1ccccc1OCCSc1n[nH]c(-c2ccccc2Br)n1. The minimum absolute atomic E-state index is 0.261. The van der Waals surface area contributed by atoms with Gasteiger partial charge in [-0.1, -0.05) is 58.0 Å². The molecule has 0 bridgehead atoms. The van der Waals surface area contributed by atoms with Gasteiger partial charge in [-0.25, -0.2) is 9.37 Å². The number of aromatic nitrogens is 3. The molecule has 4 nitrogen and oxygen atoms in total. The Kier molecular flexibility index (Phi) is 5.30. The quantitative estimate of drug-likeness (QED) is 0.493. The van der Waals surface area contributed by atoms with E-state index in [0.29, 0.717) is 23.3 Å². The molecule has 0 saturated heterocycles. The minimum Gasteiger partial charge on any atom is -0.490 e. The van der Waals surface area contributed by atoms with Crippen molar-refractivity contribution in [3.05, 3.63) is 58.8 Å². The van der Waals surface area contributed by atoms with Crippen LogP contribution in [0.1, 0.15) is 0 Å². The number of hydrogen-bond donors (Lipinski definition) is 1. The van der Waals surface area contributed by atoms with Gasteiger partial charge in [0.2, 0.25) is 5.16 Å². The molecular formula is C16H13BrFN3OS. The molecule has 0 spiro atoms. The third-order valence-electron chi connectivity index (χ3n) is 3.00. The highest BCUT2D eigenvalue weighted by Gasteiger charge is 2.09. The molecule has 1 aromatic heterocycles. The first-order chi connectivity index (χ1) is 11.2. The maximum absolute atomic E-state index is 13.4. The van der Waals surface area contributed by atoms with Crippen LogP contribution in [-0.4, -0.2) is 27.5 Å². The monoisotopic (exact) mass is 393 g/mol. The third kappa shape index (κ3) is 4.11. The highest BCUT2D eigenvalue weighted by Crippen LogP contribution is 2.26. The molecule has 0 fully saturated rings. The van der Waals surface area contributed by atoms with Crippen LogP contribution in [0.25, 0.3) is 11.4 Å². The molecule has 0 aliphatic heterocycles. The summed E-state index contributed by atoms with van der Waals surface area (Å²) in [5.74, 6) is 1.24. The summed E-state index contributed by atoms with van der Waals surface area (Å²) < 4.78 is 19.8. The van der Waals surface area contributed by atoms with Crippen molar-refractivity contribution < 1.29 is 9.13 Å². The van der Waals surface area contributed by atoms with E-state index in [1.807, 2.05) is 24.3 Å². The predicted molar refractivity (Wildman–Crippen MR) is 92.1 cm³/mol. The fourth-order valence-corrected chi connectivity index (χ4v) is 3.02. The molecule has 1 N–H and O–H groups in total. The van der Waals surface area contributed by atoms with Crippen molar-refractivity contribution in [3.63, 3.8) is 0 Å². The number of H-pyrrole nitrogens is 1. The van der Waals surface area contributed by atoms with Gasteiger partial charge in [-0.15, -0.1) is 5.10 Å². The Balaban J connectivity index is 1.54. The summed E-state index contributed by atoms with van der Waals surface area (Å²) in [5.41, 5.74) is 0.953. The van der Waals surface area contributed by atoms with Gasteiger partial charge >= 0.3 is 0 Å². The molecule has 3 rings (SSSR count). The van der Waals surface area contributed by atoms with Gasteiger partial charge in [0.05, 0.1) is 6.61 Å². The van der Waals surface area contributed by atoms with Crippen LogP contribution in [0.4, 0.5) is 4.39 Å². The highest BCUT2D eigenvalue weighted by molar-refractivity contribution is 9.10. The van der Waals surface area contributed by atoms with E-state index in [4.69, 9.17) is 4.74 Å². The Labute approximate surface area is 145 Å². The summed E-state index contributed by atoms with van der Waals surface area (Å²) in [5, 5.41) is 7.72. The lowest BCUT2D eigenvalue weighted by Crippen LogP contribution is -2.01. The van der Waals surface area contributed by atoms with Crippen molar-refractivity contribution in [2.24, 2.45) is 0 Å². The topological polar surface area (TPSA) is 50.8 Å². The number of hydrogen-bond acceptors (Lipinski definition) is 4. The molecule has 0 unspecified atom stereocenters. The zero-order valence-electron chi connectivity index (χ0n) is 12.0. The average Bonchev–Trinajstić information content (AvgIpc) is 3.02. The second kappa shape index (κ2) is 7.61. The Hall–Kier alpha value is -1.86. The van der Waals surface area contributed by atoms with E-state index in [-0.39, 0.29) is 11.6 Å². The Morgan fingerprint density at radius 2 is 1.91 bits per heavy atom. The molecule has 0 saturated carbocycles. The lowest BCUT2D eigenvalue weighted by Gasteiger charge is -2.05. The Morgan fingerprint density at radius 3 is 2.74 bits per heavy atom. The Bertz CT molecular complexity index is 796. The van der Waals surface area contributed by atoms with Crippen LogP contribution in [-0.2, 0) is 0 Å². The van der Waals surface area contributed by atoms with Gasteiger partial charge in [-0.3, -0.25) is 5.10 Å². The lowest BCUT2D eigenvalue weighted by atomic mass is 10.2. The fraction of sp³-hybridized carbons (Fsp3) is 0.125. The molecule has 0 radical (unpaired) electrons. The number of nitrogens with zero attached hydrogens (tertiary/aromatic N) is 2. The largest absolute Gasteiger partial charge is 0.490 e. The number of para-hydroxylation sites is 1. The number of halogens is 2. The smallest absolute Gasteiger partial charge is 0.208 e. The predicted octanol–water partition coefficient (Wildman–Crippen LogP) is 4.54. The van der Waals surface area contributed by atoms with E-state index >= 15 is 0 Å². The second-order valence-corrected chi connectivity index (χ2v) is 6.49. The van der Waals surface area contributed by atoms with Crippen LogP contribution in [0.5, 0.6) is 5.75 Å². The zero-order chi connectivity index (χ0) is 16.1. The van der Waals surface area contributed by atoms with Crippen molar-refractivity contribution >= 4 is 27.7 Å². The van der Waals surface area contributed by atoms with Crippen LogP contribution in [0.2, 0.25) is 0 Å². The molecule has 0 atom stereocenters. The molecule has 0 aliphatic carbocycles. The van der Waals surface area contributed by atoms with Gasteiger partial charge < -0.3 is 4.74 Å². The van der Waals surface area contributed by atoms with Crippen molar-refractivity contribution in [3.8, 4) is 17.1 Å². The lowest BCUT2D eigenvalue weighted by molar-refractivity contribution is 0.325. The first kappa shape index (κ1) is 16.0. The molecule has 2 aromatic carbocycles. The van der Waals surface area contributed by atoms with E-state index in [2.05, 4.69) is 31.1 Å². The van der Waals surface area contributed by atoms with Crippen molar-refractivity contribution in [1.29, 1.82) is 0 Å². The maximum atomic E-state index is 13.4. The number of benzene rings is 2. The van der Waals surface area contributed by atoms with Crippen LogP contribution in [0, 0.1) is 5.82 Å². The number of aromatic amines is 1. The van der Waals surface area contributed by atoms with Gasteiger partial charge in [-0.2, -0.15) is 0 Å². The van der Waals surface area contributed by atoms with Gasteiger partial charge in [0, 0.05) is 15.8 Å². The Morgan fingerprint density at radius 1 is 1.13 bits per heavy atom. The summed E-state index contributed by atoms with van der Waals surface area (Å²) in [4.78, 5) is 4.44. The molecule has 3 aromatic rings. The van der Waals surface area contributed by atoms with Gasteiger partial charge in [0.15, 0.2) is 17.4 Å². The highest BCUT2D eigenvalue weighted by atomic mass is 79.9. The van der Waals surface area contributed by atoms with E-state index < -0.39 is 0 Å². The third-order valence-corrected chi connectivity index (χ3v) is 4.51. The van der Waals surface area contributed by atoms with Gasteiger partial charge in [-0.05, 0) is 18.2 Å². The van der Waals surface area contributed by atoms with Gasteiger partial charge in [0.25, 0.3) is 0 Å². The maximum Gasteiger partial charge on any atom is 0.208 e. The number of nitrogens with one attached hydrogen (secondary N) is 1. The van der Waals surface area contributed by atoms with Crippen LogP contribution in [0.15, 0.2) is 58.2 Å². The average molecular weight is 394 g/mol. The first-order valence-corrected chi connectivity index (χ1v) is 8.69. The van der Waals surface area contributed by atoms with E-state index in [1.54, 1.807) is 18.2 Å². The number of ether oxygens (including phenoxy) is 1. The zero-order valence-corrected chi connectivity index (χ0v) is 14.4. The summed E-state index contributed by atoms with van der Waals surface area (Å²) in [6.45, 7) is 0.379. The standard InChI is InChI=1S/C16H13BrFN3OS/c17-12-6-2-1-5-11(12)15-19-16(21-20-15)23-10-9-22-14-8-4-3-7-13(14)18/h1-8H,9-10H2,(H,19,20,21). The van der Waals surface area contributed by atoms with Crippen molar-refractivity contribution in [1.82, 2.24) is 15.2 Å². The van der Waals surface area contributed by atoms with E-state index in [9.17, 15) is 4.39 Å². The van der Waals surface area contributed by atoms with E-state index in [1.165, 1.54) is 17.8 Å². The number of rotatable bonds is 6. The molecular weight excluding hydrogens is 381 g/mol. The fourth-order valence-electron chi connectivity index (χ4n) is 1.93. The summed E-state index contributed by atoms with van der Waals surface area (Å²) >= 11 is 4.94. The molecule has 0 aliphatic rings. The molecule has 23 heavy (non-hydrogen) atoms. The van der Waals surface area contributed by atoms with Gasteiger partial charge in [0.1, 0.15) is 0 Å². The van der Waals surface area contributed by atoms with Crippen LogP contribution >= 0.6 is 27.7 Å². The molecule has 0 amide bonds. The molecule has 7 heteroatoms. The second-order valence-electron chi connectivity index (χ2n) is 4.57. The summed E-state index contributed by atoms with van der Waals surface area (Å²) in [6, 6.07) is 14.2. The van der Waals surface area contributed by atoms with Crippen LogP contribution in [0.3, 0.4) is 0 Å². The normalized spacial score (nSPS) is 10.7. The van der Waals surface area contributed by atoms with Crippen LogP contribution < -0.4 is 4.74 Å². The molecule has 118 valence electrons. The number of thioether (sulfide) groups is 1. The van der Waals surface area contributed by atoms with E-state index in [0.717, 1.165) is 10.0 Å².